The highest BCUT2D eigenvalue weighted by molar-refractivity contribution is 6.08. The summed E-state index contributed by atoms with van der Waals surface area (Å²) in [7, 11) is 4.72. The fraction of sp³-hybridized carbons (Fsp3) is 0.154. The van der Waals surface area contributed by atoms with Crippen LogP contribution in [0.5, 0.6) is 17.2 Å². The second kappa shape index (κ2) is 9.48. The lowest BCUT2D eigenvalue weighted by Crippen LogP contribution is -2.13. The van der Waals surface area contributed by atoms with Crippen LogP contribution in [0.1, 0.15) is 15.9 Å². The van der Waals surface area contributed by atoms with Gasteiger partial charge in [-0.3, -0.25) is 4.79 Å². The normalized spacial score (nSPS) is 10.5. The fourth-order valence-electron chi connectivity index (χ4n) is 3.45. The number of nitrogens with zero attached hydrogens (tertiary/aromatic N) is 2. The van der Waals surface area contributed by atoms with Gasteiger partial charge in [-0.1, -0.05) is 29.8 Å². The van der Waals surface area contributed by atoms with Crippen LogP contribution in [-0.4, -0.2) is 37.0 Å². The molecule has 1 heterocycles. The maximum absolute atomic E-state index is 13.4. The van der Waals surface area contributed by atoms with Crippen LogP contribution in [-0.2, 0) is 0 Å². The van der Waals surface area contributed by atoms with Crippen molar-refractivity contribution >= 4 is 11.6 Å². The molecule has 7 nitrogen and oxygen atoms in total. The molecule has 0 bridgehead atoms. The van der Waals surface area contributed by atoms with Crippen molar-refractivity contribution in [2.24, 2.45) is 0 Å². The van der Waals surface area contributed by atoms with Crippen LogP contribution >= 0.6 is 0 Å². The number of rotatable bonds is 7. The van der Waals surface area contributed by atoms with Gasteiger partial charge >= 0.3 is 0 Å². The lowest BCUT2D eigenvalue weighted by molar-refractivity contribution is 0.102. The molecule has 3 aromatic carbocycles. The molecule has 1 N–H and O–H groups in total. The van der Waals surface area contributed by atoms with E-state index in [0.717, 1.165) is 16.8 Å². The van der Waals surface area contributed by atoms with Gasteiger partial charge in [0.15, 0.2) is 0 Å². The van der Waals surface area contributed by atoms with Crippen LogP contribution in [0.4, 0.5) is 5.69 Å². The Balaban J connectivity index is 1.79. The number of anilines is 1. The second-order valence-electron chi connectivity index (χ2n) is 7.42. The number of aromatic nitrogens is 2. The minimum atomic E-state index is -0.322. The van der Waals surface area contributed by atoms with Gasteiger partial charge < -0.3 is 19.5 Å². The molecule has 0 fully saturated rings. The second-order valence-corrected chi connectivity index (χ2v) is 7.42. The molecule has 0 unspecified atom stereocenters. The number of hydrogen-bond donors (Lipinski definition) is 1. The van der Waals surface area contributed by atoms with Crippen LogP contribution in [0.3, 0.4) is 0 Å². The number of aryl methyl sites for hydroxylation is 1. The minimum absolute atomic E-state index is 0.322. The Morgan fingerprint density at radius 1 is 0.879 bits per heavy atom. The first-order valence-corrected chi connectivity index (χ1v) is 10.4. The van der Waals surface area contributed by atoms with Crippen molar-refractivity contribution in [3.05, 3.63) is 84.1 Å². The average molecular weight is 444 g/mol. The number of amides is 1. The van der Waals surface area contributed by atoms with Crippen LogP contribution in [0.15, 0.2) is 72.9 Å². The Bertz CT molecular complexity index is 1280. The lowest BCUT2D eigenvalue weighted by atomic mass is 10.1. The molecule has 0 saturated heterocycles. The summed E-state index contributed by atoms with van der Waals surface area (Å²) in [5, 5.41) is 7.68. The van der Waals surface area contributed by atoms with Gasteiger partial charge in [0.2, 0.25) is 0 Å². The van der Waals surface area contributed by atoms with Gasteiger partial charge in [-0.15, -0.1) is 0 Å². The van der Waals surface area contributed by atoms with E-state index in [4.69, 9.17) is 19.3 Å². The number of methoxy groups -OCH3 is 3. The van der Waals surface area contributed by atoms with E-state index >= 15 is 0 Å². The summed E-state index contributed by atoms with van der Waals surface area (Å²) < 4.78 is 17.8. The summed E-state index contributed by atoms with van der Waals surface area (Å²) in [6.45, 7) is 2.02. The number of nitrogens with one attached hydrogen (secondary N) is 1. The highest BCUT2D eigenvalue weighted by Crippen LogP contribution is 2.31. The van der Waals surface area contributed by atoms with Crippen molar-refractivity contribution in [3.63, 3.8) is 0 Å². The molecule has 0 spiro atoms. The van der Waals surface area contributed by atoms with E-state index in [9.17, 15) is 4.79 Å². The monoisotopic (exact) mass is 443 g/mol. The zero-order valence-electron chi connectivity index (χ0n) is 19.0. The van der Waals surface area contributed by atoms with E-state index in [1.807, 2.05) is 55.5 Å². The quantitative estimate of drug-likeness (QED) is 0.429. The summed E-state index contributed by atoms with van der Waals surface area (Å²) in [6, 6.07) is 20.6. The molecule has 1 amide bonds. The van der Waals surface area contributed by atoms with Crippen LogP contribution in [0, 0.1) is 6.92 Å². The standard InChI is InChI=1S/C26H25N3O4/c1-17-8-10-19(11-9-17)29-16-22(25(28-29)18-6-5-7-20(14-18)31-2)26(30)27-23-15-21(32-3)12-13-24(23)33-4/h5-16H,1-4H3,(H,27,30). The van der Waals surface area contributed by atoms with E-state index in [2.05, 4.69) is 5.32 Å². The van der Waals surface area contributed by atoms with E-state index in [-0.39, 0.29) is 5.91 Å². The minimum Gasteiger partial charge on any atom is -0.497 e. The smallest absolute Gasteiger partial charge is 0.259 e. The molecule has 0 atom stereocenters. The van der Waals surface area contributed by atoms with Crippen molar-refractivity contribution in [3.8, 4) is 34.2 Å². The van der Waals surface area contributed by atoms with Crippen molar-refractivity contribution in [1.82, 2.24) is 9.78 Å². The van der Waals surface area contributed by atoms with E-state index < -0.39 is 0 Å². The third-order valence-corrected chi connectivity index (χ3v) is 5.26. The van der Waals surface area contributed by atoms with E-state index in [1.165, 1.54) is 0 Å². The molecular formula is C26H25N3O4. The number of carbonyl (C=O) groups excluding carboxylic acids is 1. The zero-order valence-corrected chi connectivity index (χ0v) is 19.0. The largest absolute Gasteiger partial charge is 0.497 e. The van der Waals surface area contributed by atoms with Crippen molar-refractivity contribution in [2.45, 2.75) is 6.92 Å². The maximum atomic E-state index is 13.4. The molecule has 0 aliphatic carbocycles. The molecule has 7 heteroatoms. The molecule has 0 saturated carbocycles. The molecule has 0 aliphatic heterocycles. The summed E-state index contributed by atoms with van der Waals surface area (Å²) >= 11 is 0. The van der Waals surface area contributed by atoms with Gasteiger partial charge in [0.1, 0.15) is 22.9 Å². The van der Waals surface area contributed by atoms with Gasteiger partial charge in [-0.05, 0) is 43.3 Å². The van der Waals surface area contributed by atoms with Crippen LogP contribution < -0.4 is 19.5 Å². The Morgan fingerprint density at radius 3 is 2.30 bits per heavy atom. The number of carbonyl (C=O) groups is 1. The third kappa shape index (κ3) is 4.67. The molecule has 33 heavy (non-hydrogen) atoms. The van der Waals surface area contributed by atoms with Crippen LogP contribution in [0.25, 0.3) is 16.9 Å². The Kier molecular flexibility index (Phi) is 6.31. The predicted molar refractivity (Wildman–Crippen MR) is 128 cm³/mol. The number of benzene rings is 3. The lowest BCUT2D eigenvalue weighted by Gasteiger charge is -2.12. The van der Waals surface area contributed by atoms with Crippen molar-refractivity contribution in [2.75, 3.05) is 26.6 Å². The molecule has 0 aliphatic rings. The highest BCUT2D eigenvalue weighted by atomic mass is 16.5. The molecule has 1 aromatic heterocycles. The first kappa shape index (κ1) is 22.0. The molecule has 4 rings (SSSR count). The predicted octanol–water partition coefficient (Wildman–Crippen LogP) is 5.13. The van der Waals surface area contributed by atoms with E-state index in [1.54, 1.807) is 50.4 Å². The van der Waals surface area contributed by atoms with E-state index in [0.29, 0.717) is 34.2 Å². The van der Waals surface area contributed by atoms with Crippen LogP contribution in [0.2, 0.25) is 0 Å². The summed E-state index contributed by atoms with van der Waals surface area (Å²) in [4.78, 5) is 13.4. The van der Waals surface area contributed by atoms with Gasteiger partial charge in [0.05, 0.1) is 38.3 Å². The first-order valence-electron chi connectivity index (χ1n) is 10.4. The van der Waals surface area contributed by atoms with Crippen molar-refractivity contribution < 1.29 is 19.0 Å². The summed E-state index contributed by atoms with van der Waals surface area (Å²) in [5.74, 6) is 1.49. The maximum Gasteiger partial charge on any atom is 0.259 e. The molecule has 4 aromatic rings. The number of ether oxygens (including phenoxy) is 3. The molecular weight excluding hydrogens is 418 g/mol. The molecule has 168 valence electrons. The topological polar surface area (TPSA) is 74.6 Å². The van der Waals surface area contributed by atoms with Gasteiger partial charge in [0, 0.05) is 17.8 Å². The summed E-state index contributed by atoms with van der Waals surface area (Å²) in [5.41, 5.74) is 4.21. The Morgan fingerprint density at radius 2 is 1.61 bits per heavy atom. The fourth-order valence-corrected chi connectivity index (χ4v) is 3.45. The number of hydrogen-bond acceptors (Lipinski definition) is 5. The first-order chi connectivity index (χ1) is 16.0. The van der Waals surface area contributed by atoms with Gasteiger partial charge in [0.25, 0.3) is 5.91 Å². The van der Waals surface area contributed by atoms with Gasteiger partial charge in [-0.25, -0.2) is 4.68 Å². The third-order valence-electron chi connectivity index (χ3n) is 5.26. The SMILES string of the molecule is COc1cccc(-c2nn(-c3ccc(C)cc3)cc2C(=O)Nc2cc(OC)ccc2OC)c1. The van der Waals surface area contributed by atoms with Gasteiger partial charge in [-0.2, -0.15) is 5.10 Å². The summed E-state index contributed by atoms with van der Waals surface area (Å²) in [6.07, 6.45) is 1.72. The Labute approximate surface area is 192 Å². The average Bonchev–Trinajstić information content (AvgIpc) is 3.30. The zero-order chi connectivity index (χ0) is 23.4. The molecule has 0 radical (unpaired) electrons. The Hall–Kier alpha value is -4.26. The highest BCUT2D eigenvalue weighted by Gasteiger charge is 2.21. The van der Waals surface area contributed by atoms with Crippen molar-refractivity contribution in [1.29, 1.82) is 0 Å².